The van der Waals surface area contributed by atoms with Crippen molar-refractivity contribution >= 4 is 43.6 Å². The third kappa shape index (κ3) is 3.82. The van der Waals surface area contributed by atoms with Crippen LogP contribution >= 0.6 is 0 Å². The lowest BCUT2D eigenvalue weighted by Crippen LogP contribution is -1.95. The first-order chi connectivity index (χ1) is 23.9. The Hall–Kier alpha value is -5.86. The number of nitrogens with zero attached hydrogens (tertiary/aromatic N) is 2. The van der Waals surface area contributed by atoms with Gasteiger partial charge in [-0.1, -0.05) is 115 Å². The molecule has 0 saturated carbocycles. The molecule has 44 heavy (non-hydrogen) atoms. The fraction of sp³-hybridized carbons (Fsp3) is 0. The molecule has 0 unspecified atom stereocenters. The Labute approximate surface area is 262 Å². The van der Waals surface area contributed by atoms with Crippen molar-refractivity contribution in [2.45, 2.75) is 0 Å². The molecule has 0 spiro atoms. The molecule has 0 bridgehead atoms. The molecule has 2 aromatic heterocycles. The van der Waals surface area contributed by atoms with E-state index in [1.807, 2.05) is 24.3 Å². The first-order valence-electron chi connectivity index (χ1n) is 17.2. The zero-order chi connectivity index (χ0) is 33.4. The van der Waals surface area contributed by atoms with Crippen molar-refractivity contribution in [3.8, 4) is 33.6 Å². The second-order valence-corrected chi connectivity index (χ2v) is 11.1. The highest BCUT2D eigenvalue weighted by atomic mass is 15.0. The van der Waals surface area contributed by atoms with Crippen molar-refractivity contribution < 1.29 is 6.85 Å². The summed E-state index contributed by atoms with van der Waals surface area (Å²) in [4.78, 5) is 0. The molecule has 0 saturated heterocycles. The van der Waals surface area contributed by atoms with E-state index in [1.165, 1.54) is 27.1 Å². The van der Waals surface area contributed by atoms with Gasteiger partial charge in [-0.05, 0) is 76.9 Å². The summed E-state index contributed by atoms with van der Waals surface area (Å²) in [5, 5.41) is 4.81. The molecule has 0 aliphatic carbocycles. The fourth-order valence-corrected chi connectivity index (χ4v) is 6.62. The zero-order valence-electron chi connectivity index (χ0n) is 28.7. The van der Waals surface area contributed by atoms with Crippen LogP contribution in [0.25, 0.3) is 77.2 Å². The normalized spacial score (nSPS) is 13.2. The monoisotopic (exact) mass is 565 g/mol. The molecule has 0 aliphatic heterocycles. The lowest BCUT2D eigenvalue weighted by Gasteiger charge is -2.11. The Morgan fingerprint density at radius 1 is 0.341 bits per heavy atom. The summed E-state index contributed by atoms with van der Waals surface area (Å²) in [6, 6.07) is 46.7. The lowest BCUT2D eigenvalue weighted by atomic mass is 9.99. The first kappa shape index (κ1) is 20.1. The average molecular weight is 566 g/mol. The van der Waals surface area contributed by atoms with Gasteiger partial charge in [-0.25, -0.2) is 0 Å². The predicted octanol–water partition coefficient (Wildman–Crippen LogP) is 11.2. The predicted molar refractivity (Wildman–Crippen MR) is 186 cm³/mol. The van der Waals surface area contributed by atoms with Gasteiger partial charge < -0.3 is 9.13 Å². The summed E-state index contributed by atoms with van der Waals surface area (Å²) < 4.78 is 45.8. The quantitative estimate of drug-likeness (QED) is 0.201. The molecule has 0 fully saturated rings. The third-order valence-electron chi connectivity index (χ3n) is 8.59. The highest BCUT2D eigenvalue weighted by Gasteiger charge is 2.18. The number of hydrogen-bond acceptors (Lipinski definition) is 0. The number of aromatic nitrogens is 2. The van der Waals surface area contributed by atoms with E-state index in [4.69, 9.17) is 6.85 Å². The molecule has 2 nitrogen and oxygen atoms in total. The van der Waals surface area contributed by atoms with Crippen LogP contribution in [0.3, 0.4) is 0 Å². The van der Waals surface area contributed by atoms with Crippen LogP contribution in [0, 0.1) is 0 Å². The summed E-state index contributed by atoms with van der Waals surface area (Å²) in [6.07, 6.45) is 0. The highest BCUT2D eigenvalue weighted by Crippen LogP contribution is 2.39. The Kier molecular flexibility index (Phi) is 4.51. The molecule has 0 atom stereocenters. The lowest BCUT2D eigenvalue weighted by molar-refractivity contribution is 1.16. The van der Waals surface area contributed by atoms with Crippen molar-refractivity contribution in [3.05, 3.63) is 170 Å². The van der Waals surface area contributed by atoms with E-state index in [9.17, 15) is 0 Å². The van der Waals surface area contributed by atoms with Crippen LogP contribution in [-0.2, 0) is 0 Å². The Morgan fingerprint density at radius 3 is 1.52 bits per heavy atom. The Balaban J connectivity index is 1.22. The smallest absolute Gasteiger partial charge is 0.0629 e. The molecule has 9 aromatic rings. The molecule has 7 aromatic carbocycles. The van der Waals surface area contributed by atoms with E-state index >= 15 is 0 Å². The Bertz CT molecular complexity index is 2730. The van der Waals surface area contributed by atoms with Crippen LogP contribution < -0.4 is 0 Å². The average Bonchev–Trinajstić information content (AvgIpc) is 3.65. The number of fused-ring (bicyclic) bond motifs is 6. The maximum absolute atomic E-state index is 8.46. The van der Waals surface area contributed by atoms with Gasteiger partial charge in [0.25, 0.3) is 0 Å². The van der Waals surface area contributed by atoms with E-state index in [2.05, 4.69) is 118 Å². The van der Waals surface area contributed by atoms with Gasteiger partial charge in [0.15, 0.2) is 0 Å². The van der Waals surface area contributed by atoms with Gasteiger partial charge in [-0.3, -0.25) is 0 Å². The molecule has 2 heteroatoms. The van der Waals surface area contributed by atoms with E-state index in [0.29, 0.717) is 5.56 Å². The molecule has 0 N–H and O–H groups in total. The van der Waals surface area contributed by atoms with Gasteiger partial charge in [0.1, 0.15) is 0 Å². The first-order valence-corrected chi connectivity index (χ1v) is 14.7. The maximum Gasteiger partial charge on any atom is 0.0629 e. The van der Waals surface area contributed by atoms with Crippen LogP contribution in [0.2, 0.25) is 0 Å². The van der Waals surface area contributed by atoms with Gasteiger partial charge >= 0.3 is 0 Å². The minimum absolute atomic E-state index is 0.203. The van der Waals surface area contributed by atoms with Gasteiger partial charge in [0, 0.05) is 32.9 Å². The van der Waals surface area contributed by atoms with Gasteiger partial charge in [0.2, 0.25) is 0 Å². The molecular weight excluding hydrogens is 532 g/mol. The number of benzene rings is 7. The van der Waals surface area contributed by atoms with Gasteiger partial charge in [-0.15, -0.1) is 0 Å². The zero-order valence-corrected chi connectivity index (χ0v) is 23.7. The van der Waals surface area contributed by atoms with Crippen LogP contribution in [-0.4, -0.2) is 9.13 Å². The second-order valence-electron chi connectivity index (χ2n) is 11.1. The van der Waals surface area contributed by atoms with Crippen molar-refractivity contribution in [2.24, 2.45) is 0 Å². The van der Waals surface area contributed by atoms with Crippen molar-refractivity contribution in [3.63, 3.8) is 0 Å². The molecule has 0 amide bonds. The van der Waals surface area contributed by atoms with E-state index < -0.39 is 6.04 Å². The van der Waals surface area contributed by atoms with E-state index in [1.54, 1.807) is 6.07 Å². The number of hydrogen-bond donors (Lipinski definition) is 0. The van der Waals surface area contributed by atoms with Gasteiger partial charge in [0.05, 0.1) is 28.9 Å². The van der Waals surface area contributed by atoms with E-state index in [0.717, 1.165) is 39.1 Å². The standard InChI is InChI=1S/C42H28N2/c1-3-12-29(13-4-1)31-14-11-15-32(26-31)30-22-24-34(25-23-30)44-40-21-10-8-19-36(40)38-27-37-35-18-7-9-20-39(35)43(41(37)28-42(38)44)33-16-5-2-6-17-33/h1-28H/i1D,3D,4D,12D,13D. The minimum atomic E-state index is -0.391. The van der Waals surface area contributed by atoms with Crippen LogP contribution in [0.1, 0.15) is 6.85 Å². The molecule has 206 valence electrons. The topological polar surface area (TPSA) is 9.86 Å². The molecular formula is C42H28N2. The van der Waals surface area contributed by atoms with Gasteiger partial charge in [-0.2, -0.15) is 0 Å². The Morgan fingerprint density at radius 2 is 0.886 bits per heavy atom. The number of rotatable bonds is 4. The van der Waals surface area contributed by atoms with Crippen molar-refractivity contribution in [1.82, 2.24) is 9.13 Å². The van der Waals surface area contributed by atoms with Crippen LogP contribution in [0.5, 0.6) is 0 Å². The summed E-state index contributed by atoms with van der Waals surface area (Å²) >= 11 is 0. The van der Waals surface area contributed by atoms with Crippen molar-refractivity contribution in [1.29, 1.82) is 0 Å². The number of para-hydroxylation sites is 3. The molecule has 0 radical (unpaired) electrons. The summed E-state index contributed by atoms with van der Waals surface area (Å²) in [6.45, 7) is 0. The van der Waals surface area contributed by atoms with Crippen LogP contribution in [0.15, 0.2) is 170 Å². The fourth-order valence-electron chi connectivity index (χ4n) is 6.62. The SMILES string of the molecule is [2H]c1c([2H])c([2H])c(-c2cccc(-c3ccc(-n4c5ccccc5c5cc6c7ccccc7n(-c7ccccc7)c6cc54)cc3)c2)c([2H])c1[2H]. The maximum atomic E-state index is 8.46. The van der Waals surface area contributed by atoms with Crippen LogP contribution in [0.4, 0.5) is 0 Å². The van der Waals surface area contributed by atoms with Crippen molar-refractivity contribution in [2.75, 3.05) is 0 Å². The summed E-state index contributed by atoms with van der Waals surface area (Å²) in [5.41, 5.74) is 9.34. The minimum Gasteiger partial charge on any atom is -0.309 e. The summed E-state index contributed by atoms with van der Waals surface area (Å²) in [5.74, 6) is 0. The van der Waals surface area contributed by atoms with E-state index in [-0.39, 0.29) is 29.7 Å². The molecule has 2 heterocycles. The highest BCUT2D eigenvalue weighted by molar-refractivity contribution is 6.19. The summed E-state index contributed by atoms with van der Waals surface area (Å²) in [7, 11) is 0. The largest absolute Gasteiger partial charge is 0.309 e. The molecule has 0 aliphatic rings. The third-order valence-corrected chi connectivity index (χ3v) is 8.59. The second kappa shape index (κ2) is 9.86. The molecule has 9 rings (SSSR count).